The number of nitrogens with zero attached hydrogens (tertiary/aromatic N) is 3. The van der Waals surface area contributed by atoms with Crippen molar-refractivity contribution in [2.45, 2.75) is 13.5 Å². The van der Waals surface area contributed by atoms with Crippen LogP contribution in [0.2, 0.25) is 0 Å². The molecule has 0 aliphatic carbocycles. The molecule has 2 aromatic rings. The molecule has 25 heavy (non-hydrogen) atoms. The number of thiazole rings is 1. The number of nitrogens with two attached hydrogens (primary N) is 1. The maximum Gasteiger partial charge on any atom is 0.326 e. The van der Waals surface area contributed by atoms with Gasteiger partial charge in [-0.1, -0.05) is 17.4 Å². The zero-order valence-corrected chi connectivity index (χ0v) is 14.6. The topological polar surface area (TPSA) is 88.8 Å². The van der Waals surface area contributed by atoms with Gasteiger partial charge in [0.15, 0.2) is 16.7 Å². The van der Waals surface area contributed by atoms with E-state index in [2.05, 4.69) is 4.98 Å². The number of primary amides is 1. The second-order valence-corrected chi connectivity index (χ2v) is 6.58. The lowest BCUT2D eigenvalue weighted by Crippen LogP contribution is -2.31. The second kappa shape index (κ2) is 6.67. The Bertz CT molecular complexity index is 839. The van der Waals surface area contributed by atoms with Gasteiger partial charge in [0.2, 0.25) is 0 Å². The van der Waals surface area contributed by atoms with Crippen LogP contribution in [-0.4, -0.2) is 42.0 Å². The van der Waals surface area contributed by atoms with Crippen molar-refractivity contribution in [3.8, 4) is 5.75 Å². The molecule has 0 unspecified atom stereocenters. The first kappa shape index (κ1) is 17.2. The zero-order chi connectivity index (χ0) is 18.1. The Morgan fingerprint density at radius 1 is 1.44 bits per heavy atom. The Morgan fingerprint density at radius 2 is 2.20 bits per heavy atom. The fourth-order valence-electron chi connectivity index (χ4n) is 2.66. The Hall–Kier alpha value is -2.68. The number of anilines is 1. The molecule has 9 heteroatoms. The molecule has 0 saturated carbocycles. The van der Waals surface area contributed by atoms with E-state index in [0.717, 1.165) is 11.3 Å². The first-order valence-corrected chi connectivity index (χ1v) is 8.38. The lowest BCUT2D eigenvalue weighted by atomic mass is 10.2. The van der Waals surface area contributed by atoms with E-state index in [1.165, 1.54) is 24.1 Å². The summed E-state index contributed by atoms with van der Waals surface area (Å²) in [5.74, 6) is -0.862. The highest BCUT2D eigenvalue weighted by Gasteiger charge is 2.32. The molecule has 1 aromatic carbocycles. The fraction of sp³-hybridized carbons (Fsp3) is 0.312. The minimum atomic E-state index is -0.557. The fourth-order valence-corrected chi connectivity index (χ4v) is 3.60. The van der Waals surface area contributed by atoms with Crippen LogP contribution in [0.25, 0.3) is 0 Å². The van der Waals surface area contributed by atoms with Crippen LogP contribution in [0.4, 0.5) is 14.3 Å². The SMILES string of the molecule is COc1ccc(CN2CCN(c3nc(C)c(C(N)=O)s3)C2=O)cc1F. The molecule has 0 bridgehead atoms. The number of ether oxygens (including phenoxy) is 1. The number of hydrogen-bond donors (Lipinski definition) is 1. The number of amides is 3. The van der Waals surface area contributed by atoms with E-state index in [0.29, 0.717) is 34.4 Å². The minimum absolute atomic E-state index is 0.162. The number of carbonyl (C=O) groups excluding carboxylic acids is 2. The van der Waals surface area contributed by atoms with Gasteiger partial charge in [-0.05, 0) is 24.6 Å². The Labute approximate surface area is 147 Å². The average Bonchev–Trinajstić information content (AvgIpc) is 3.11. The summed E-state index contributed by atoms with van der Waals surface area (Å²) < 4.78 is 18.7. The molecule has 3 rings (SSSR count). The van der Waals surface area contributed by atoms with E-state index in [9.17, 15) is 14.0 Å². The molecule has 132 valence electrons. The summed E-state index contributed by atoms with van der Waals surface area (Å²) in [5.41, 5.74) is 6.48. The highest BCUT2D eigenvalue weighted by molar-refractivity contribution is 7.17. The maximum absolute atomic E-state index is 13.8. The van der Waals surface area contributed by atoms with E-state index in [4.69, 9.17) is 10.5 Å². The summed E-state index contributed by atoms with van der Waals surface area (Å²) in [6, 6.07) is 4.37. The van der Waals surface area contributed by atoms with E-state index in [1.807, 2.05) is 0 Å². The summed E-state index contributed by atoms with van der Waals surface area (Å²) in [7, 11) is 1.40. The van der Waals surface area contributed by atoms with Gasteiger partial charge in [-0.15, -0.1) is 0 Å². The van der Waals surface area contributed by atoms with Gasteiger partial charge in [0, 0.05) is 19.6 Å². The average molecular weight is 364 g/mol. The van der Waals surface area contributed by atoms with Gasteiger partial charge in [-0.25, -0.2) is 14.2 Å². The molecule has 2 heterocycles. The van der Waals surface area contributed by atoms with Gasteiger partial charge >= 0.3 is 6.03 Å². The van der Waals surface area contributed by atoms with Crippen molar-refractivity contribution in [2.75, 3.05) is 25.1 Å². The summed E-state index contributed by atoms with van der Waals surface area (Å²) in [6.07, 6.45) is 0. The lowest BCUT2D eigenvalue weighted by molar-refractivity contribution is 0.100. The van der Waals surface area contributed by atoms with E-state index < -0.39 is 11.7 Å². The van der Waals surface area contributed by atoms with Crippen LogP contribution in [0.15, 0.2) is 18.2 Å². The largest absolute Gasteiger partial charge is 0.494 e. The quantitative estimate of drug-likeness (QED) is 0.880. The molecule has 0 atom stereocenters. The molecule has 7 nitrogen and oxygen atoms in total. The summed E-state index contributed by atoms with van der Waals surface area (Å²) >= 11 is 1.10. The van der Waals surface area contributed by atoms with Crippen molar-refractivity contribution in [3.63, 3.8) is 0 Å². The number of aryl methyl sites for hydroxylation is 1. The summed E-state index contributed by atoms with van der Waals surface area (Å²) in [6.45, 7) is 2.89. The van der Waals surface area contributed by atoms with Crippen LogP contribution >= 0.6 is 11.3 Å². The second-order valence-electron chi connectivity index (χ2n) is 5.60. The summed E-state index contributed by atoms with van der Waals surface area (Å²) in [5, 5.41) is 0.444. The van der Waals surface area contributed by atoms with Crippen molar-refractivity contribution in [2.24, 2.45) is 5.73 Å². The highest BCUT2D eigenvalue weighted by atomic mass is 32.1. The Morgan fingerprint density at radius 3 is 2.80 bits per heavy atom. The lowest BCUT2D eigenvalue weighted by Gasteiger charge is -2.17. The Balaban J connectivity index is 1.74. The molecular weight excluding hydrogens is 347 g/mol. The van der Waals surface area contributed by atoms with Gasteiger partial charge in [-0.2, -0.15) is 0 Å². The van der Waals surface area contributed by atoms with Gasteiger partial charge in [0.05, 0.1) is 12.8 Å². The van der Waals surface area contributed by atoms with Gasteiger partial charge in [-0.3, -0.25) is 9.69 Å². The smallest absolute Gasteiger partial charge is 0.326 e. The van der Waals surface area contributed by atoms with Gasteiger partial charge in [0.25, 0.3) is 5.91 Å². The number of urea groups is 1. The number of aromatic nitrogens is 1. The molecular formula is C16H17FN4O3S. The third-order valence-corrected chi connectivity index (χ3v) is 5.12. The zero-order valence-electron chi connectivity index (χ0n) is 13.8. The third kappa shape index (κ3) is 3.27. The number of carbonyl (C=O) groups is 2. The first-order valence-electron chi connectivity index (χ1n) is 7.56. The molecule has 1 saturated heterocycles. The first-order chi connectivity index (χ1) is 11.9. The predicted octanol–water partition coefficient (Wildman–Crippen LogP) is 2.14. The van der Waals surface area contributed by atoms with Crippen LogP contribution in [0.5, 0.6) is 5.75 Å². The van der Waals surface area contributed by atoms with Crippen LogP contribution < -0.4 is 15.4 Å². The van der Waals surface area contributed by atoms with Crippen LogP contribution in [-0.2, 0) is 6.54 Å². The molecule has 1 fully saturated rings. The molecule has 1 aromatic heterocycles. The van der Waals surface area contributed by atoms with Crippen molar-refractivity contribution in [3.05, 3.63) is 40.2 Å². The van der Waals surface area contributed by atoms with Crippen molar-refractivity contribution in [1.82, 2.24) is 9.88 Å². The number of benzene rings is 1. The van der Waals surface area contributed by atoms with Crippen LogP contribution in [0.1, 0.15) is 20.9 Å². The highest BCUT2D eigenvalue weighted by Crippen LogP contribution is 2.29. The normalized spacial score (nSPS) is 14.3. The number of rotatable bonds is 5. The molecule has 1 aliphatic rings. The maximum atomic E-state index is 13.8. The standard InChI is InChI=1S/C16H17FN4O3S/c1-9-13(14(18)22)25-15(19-9)21-6-5-20(16(21)23)8-10-3-4-12(24-2)11(17)7-10/h3-4,7H,5-6,8H2,1-2H3,(H2,18,22). The monoisotopic (exact) mass is 364 g/mol. The van der Waals surface area contributed by atoms with E-state index >= 15 is 0 Å². The molecule has 1 aliphatic heterocycles. The molecule has 2 N–H and O–H groups in total. The van der Waals surface area contributed by atoms with Gasteiger partial charge < -0.3 is 15.4 Å². The molecule has 0 spiro atoms. The molecule has 0 radical (unpaired) electrons. The van der Waals surface area contributed by atoms with Crippen LogP contribution in [0, 0.1) is 12.7 Å². The van der Waals surface area contributed by atoms with E-state index in [-0.39, 0.29) is 18.3 Å². The van der Waals surface area contributed by atoms with Crippen LogP contribution in [0.3, 0.4) is 0 Å². The number of hydrogen-bond acceptors (Lipinski definition) is 5. The van der Waals surface area contributed by atoms with E-state index in [1.54, 1.807) is 17.9 Å². The summed E-state index contributed by atoms with van der Waals surface area (Å²) in [4.78, 5) is 31.7. The Kier molecular flexibility index (Phi) is 4.58. The van der Waals surface area contributed by atoms with Crippen molar-refractivity contribution in [1.29, 1.82) is 0 Å². The van der Waals surface area contributed by atoms with Gasteiger partial charge in [0.1, 0.15) is 4.88 Å². The van der Waals surface area contributed by atoms with Crippen molar-refractivity contribution < 1.29 is 18.7 Å². The minimum Gasteiger partial charge on any atom is -0.494 e. The number of methoxy groups -OCH3 is 1. The number of halogens is 1. The molecule has 3 amide bonds. The third-order valence-electron chi connectivity index (χ3n) is 3.92. The van der Waals surface area contributed by atoms with Crippen molar-refractivity contribution >= 4 is 28.4 Å². The predicted molar refractivity (Wildman–Crippen MR) is 91.5 cm³/mol.